The Kier molecular flexibility index (Phi) is 2.79. The molecule has 2 N–H and O–H groups in total. The molecule has 0 aromatic carbocycles. The molecule has 5 nitrogen and oxygen atoms in total. The van der Waals surface area contributed by atoms with Gasteiger partial charge in [-0.3, -0.25) is 4.79 Å². The molecule has 0 bridgehead atoms. The smallest absolute Gasteiger partial charge is 0.224 e. The molecule has 2 aromatic rings. The molecule has 1 saturated heterocycles. The van der Waals surface area contributed by atoms with Crippen LogP contribution >= 0.6 is 0 Å². The van der Waals surface area contributed by atoms with Crippen LogP contribution in [-0.4, -0.2) is 28.4 Å². The van der Waals surface area contributed by atoms with Crippen LogP contribution in [0.3, 0.4) is 0 Å². The molecule has 3 atom stereocenters. The minimum atomic E-state index is -0.0731. The largest absolute Gasteiger partial charge is 0.346 e. The van der Waals surface area contributed by atoms with Crippen molar-refractivity contribution in [3.8, 4) is 0 Å². The van der Waals surface area contributed by atoms with E-state index in [1.807, 2.05) is 25.4 Å². The summed E-state index contributed by atoms with van der Waals surface area (Å²) in [5, 5.41) is 6.46. The number of pyridine rings is 1. The van der Waals surface area contributed by atoms with Crippen LogP contribution in [0.4, 0.5) is 0 Å². The molecule has 2 unspecified atom stereocenters. The minimum Gasteiger partial charge on any atom is -0.346 e. The van der Waals surface area contributed by atoms with Crippen molar-refractivity contribution in [1.29, 1.82) is 0 Å². The highest BCUT2D eigenvalue weighted by atomic mass is 16.2. The molecule has 1 amide bonds. The number of aromatic nitrogens is 2. The molecule has 2 fully saturated rings. The second-order valence-electron chi connectivity index (χ2n) is 6.30. The molecule has 0 radical (unpaired) electrons. The first-order valence-electron chi connectivity index (χ1n) is 7.60. The van der Waals surface area contributed by atoms with Gasteiger partial charge >= 0.3 is 0 Å². The lowest BCUT2D eigenvalue weighted by molar-refractivity contribution is -0.123. The van der Waals surface area contributed by atoms with E-state index >= 15 is 0 Å². The highest BCUT2D eigenvalue weighted by Crippen LogP contribution is 2.48. The fraction of sp³-hybridized carbons (Fsp3) is 0.500. The highest BCUT2D eigenvalue weighted by Gasteiger charge is 2.56. The van der Waals surface area contributed by atoms with Crippen LogP contribution in [0.25, 0.3) is 5.52 Å². The normalized spacial score (nSPS) is 28.4. The molecule has 1 aliphatic heterocycles. The number of nitrogens with zero attached hydrogens (tertiary/aromatic N) is 2. The van der Waals surface area contributed by atoms with Gasteiger partial charge in [-0.2, -0.15) is 0 Å². The van der Waals surface area contributed by atoms with E-state index in [9.17, 15) is 4.79 Å². The van der Waals surface area contributed by atoms with E-state index in [1.165, 1.54) is 5.56 Å². The third-order valence-corrected chi connectivity index (χ3v) is 4.95. The fourth-order valence-corrected chi connectivity index (χ4v) is 3.68. The predicted octanol–water partition coefficient (Wildman–Crippen LogP) is 1.29. The first kappa shape index (κ1) is 12.8. The average Bonchev–Trinajstić information content (AvgIpc) is 2.84. The van der Waals surface area contributed by atoms with Crippen molar-refractivity contribution < 1.29 is 4.79 Å². The third kappa shape index (κ3) is 1.95. The lowest BCUT2D eigenvalue weighted by atomic mass is 10.2. The Morgan fingerprint density at radius 2 is 2.24 bits per heavy atom. The summed E-state index contributed by atoms with van der Waals surface area (Å²) in [7, 11) is 0. The zero-order valence-corrected chi connectivity index (χ0v) is 12.3. The number of carbonyl (C=O) groups is 1. The van der Waals surface area contributed by atoms with Crippen molar-refractivity contribution in [1.82, 2.24) is 20.0 Å². The number of rotatable bonds is 3. The number of amides is 1. The third-order valence-electron chi connectivity index (χ3n) is 4.95. The van der Waals surface area contributed by atoms with Crippen LogP contribution in [0.15, 0.2) is 24.5 Å². The summed E-state index contributed by atoms with van der Waals surface area (Å²) >= 11 is 0. The Morgan fingerprint density at radius 1 is 1.48 bits per heavy atom. The quantitative estimate of drug-likeness (QED) is 0.893. The highest BCUT2D eigenvalue weighted by molar-refractivity contribution is 5.83. The lowest BCUT2D eigenvalue weighted by Gasteiger charge is -2.14. The van der Waals surface area contributed by atoms with E-state index in [0.29, 0.717) is 11.8 Å². The summed E-state index contributed by atoms with van der Waals surface area (Å²) in [6.07, 6.45) is 3.88. The summed E-state index contributed by atoms with van der Waals surface area (Å²) in [6.45, 7) is 6.05. The van der Waals surface area contributed by atoms with Gasteiger partial charge in [-0.1, -0.05) is 6.07 Å². The van der Waals surface area contributed by atoms with E-state index in [2.05, 4.69) is 33.0 Å². The second-order valence-corrected chi connectivity index (χ2v) is 6.30. The number of carbonyl (C=O) groups excluding carboxylic acids is 1. The van der Waals surface area contributed by atoms with Crippen molar-refractivity contribution >= 4 is 11.4 Å². The molecule has 0 spiro atoms. The SMILES string of the molecule is Cc1cccn2c([C@@H](C)NC(=O)C3C4CNCC43)ncc12. The van der Waals surface area contributed by atoms with Crippen LogP contribution < -0.4 is 10.6 Å². The second kappa shape index (κ2) is 4.56. The van der Waals surface area contributed by atoms with Gasteiger partial charge in [-0.25, -0.2) is 4.98 Å². The van der Waals surface area contributed by atoms with Crippen molar-refractivity contribution in [2.75, 3.05) is 13.1 Å². The van der Waals surface area contributed by atoms with Gasteiger partial charge in [-0.15, -0.1) is 0 Å². The summed E-state index contributed by atoms with van der Waals surface area (Å²) < 4.78 is 2.07. The Bertz CT molecular complexity index is 697. The van der Waals surface area contributed by atoms with Crippen molar-refractivity contribution in [3.63, 3.8) is 0 Å². The summed E-state index contributed by atoms with van der Waals surface area (Å²) in [6, 6.07) is 4.01. The molecule has 110 valence electrons. The zero-order valence-electron chi connectivity index (χ0n) is 12.3. The van der Waals surface area contributed by atoms with E-state index in [1.54, 1.807) is 0 Å². The van der Waals surface area contributed by atoms with Crippen molar-refractivity contribution in [3.05, 3.63) is 35.9 Å². The fourth-order valence-electron chi connectivity index (χ4n) is 3.68. The molecule has 5 heteroatoms. The Labute approximate surface area is 123 Å². The van der Waals surface area contributed by atoms with Crippen LogP contribution in [0.1, 0.15) is 24.4 Å². The Balaban J connectivity index is 1.52. The molecular formula is C16H20N4O. The number of piperidine rings is 1. The molecule has 2 aromatic heterocycles. The van der Waals surface area contributed by atoms with Gasteiger partial charge in [0.05, 0.1) is 17.8 Å². The average molecular weight is 284 g/mol. The molecular weight excluding hydrogens is 264 g/mol. The van der Waals surface area contributed by atoms with Crippen LogP contribution in [0.5, 0.6) is 0 Å². The molecule has 1 aliphatic carbocycles. The molecule has 21 heavy (non-hydrogen) atoms. The molecule has 2 aliphatic rings. The maximum absolute atomic E-state index is 12.4. The number of fused-ring (bicyclic) bond motifs is 2. The van der Waals surface area contributed by atoms with Gasteiger partial charge in [0.1, 0.15) is 5.82 Å². The van der Waals surface area contributed by atoms with E-state index < -0.39 is 0 Å². The van der Waals surface area contributed by atoms with Crippen LogP contribution in [0, 0.1) is 24.7 Å². The van der Waals surface area contributed by atoms with Crippen LogP contribution in [0.2, 0.25) is 0 Å². The van der Waals surface area contributed by atoms with Gasteiger partial charge in [0, 0.05) is 12.1 Å². The minimum absolute atomic E-state index is 0.0731. The van der Waals surface area contributed by atoms with Crippen molar-refractivity contribution in [2.24, 2.45) is 17.8 Å². The number of aryl methyl sites for hydroxylation is 1. The van der Waals surface area contributed by atoms with Gasteiger partial charge in [0.2, 0.25) is 5.91 Å². The van der Waals surface area contributed by atoms with Crippen LogP contribution in [-0.2, 0) is 4.79 Å². The molecule has 3 heterocycles. The topological polar surface area (TPSA) is 58.4 Å². The molecule has 1 saturated carbocycles. The lowest BCUT2D eigenvalue weighted by Crippen LogP contribution is -2.32. The van der Waals surface area contributed by atoms with Crippen molar-refractivity contribution in [2.45, 2.75) is 19.9 Å². The maximum Gasteiger partial charge on any atom is 0.224 e. The monoisotopic (exact) mass is 284 g/mol. The predicted molar refractivity (Wildman–Crippen MR) is 79.8 cm³/mol. The van der Waals surface area contributed by atoms with Gasteiger partial charge < -0.3 is 15.0 Å². The zero-order chi connectivity index (χ0) is 14.6. The number of hydrogen-bond donors (Lipinski definition) is 2. The number of nitrogens with one attached hydrogen (secondary N) is 2. The standard InChI is InChI=1S/C16H20N4O/c1-9-4-3-5-20-13(9)8-18-15(20)10(2)19-16(21)14-11-6-17-7-12(11)14/h3-5,8,10-12,14,17H,6-7H2,1-2H3,(H,19,21)/t10-,11?,12?,14?/m1/s1. The van der Waals surface area contributed by atoms with E-state index in [-0.39, 0.29) is 17.9 Å². The first-order chi connectivity index (χ1) is 10.2. The maximum atomic E-state index is 12.4. The molecule has 4 rings (SSSR count). The van der Waals surface area contributed by atoms with Gasteiger partial charge in [0.15, 0.2) is 0 Å². The summed E-state index contributed by atoms with van der Waals surface area (Å²) in [5.41, 5.74) is 2.29. The van der Waals surface area contributed by atoms with E-state index in [0.717, 1.165) is 24.4 Å². The Morgan fingerprint density at radius 3 is 3.00 bits per heavy atom. The number of hydrogen-bond acceptors (Lipinski definition) is 3. The first-order valence-corrected chi connectivity index (χ1v) is 7.60. The van der Waals surface area contributed by atoms with Gasteiger partial charge in [-0.05, 0) is 50.4 Å². The van der Waals surface area contributed by atoms with Gasteiger partial charge in [0.25, 0.3) is 0 Å². The Hall–Kier alpha value is -1.88. The summed E-state index contributed by atoms with van der Waals surface area (Å²) in [5.74, 6) is 2.39. The summed E-state index contributed by atoms with van der Waals surface area (Å²) in [4.78, 5) is 16.8. The number of imidazole rings is 1. The van der Waals surface area contributed by atoms with E-state index in [4.69, 9.17) is 0 Å².